The van der Waals surface area contributed by atoms with Gasteiger partial charge in [-0.25, -0.2) is 4.98 Å². The summed E-state index contributed by atoms with van der Waals surface area (Å²) in [5.41, 5.74) is 3.40. The van der Waals surface area contributed by atoms with Crippen molar-refractivity contribution in [2.45, 2.75) is 26.4 Å². The summed E-state index contributed by atoms with van der Waals surface area (Å²) in [5, 5.41) is 2.29. The van der Waals surface area contributed by atoms with Crippen molar-refractivity contribution < 1.29 is 4.74 Å². The fraction of sp³-hybridized carbons (Fsp3) is 0.545. The minimum absolute atomic E-state index is 0.612. The van der Waals surface area contributed by atoms with E-state index in [1.54, 1.807) is 11.3 Å². The lowest BCUT2D eigenvalue weighted by Gasteiger charge is -2.36. The number of nitrogens with one attached hydrogen (secondary N) is 1. The van der Waals surface area contributed by atoms with Crippen LogP contribution in [0.4, 0.5) is 5.13 Å². The molecule has 7 nitrogen and oxygen atoms in total. The van der Waals surface area contributed by atoms with E-state index in [2.05, 4.69) is 45.7 Å². The third kappa shape index (κ3) is 4.09. The van der Waals surface area contributed by atoms with Crippen molar-refractivity contribution in [1.29, 1.82) is 0 Å². The maximum Gasteiger partial charge on any atom is 0.185 e. The predicted molar refractivity (Wildman–Crippen MR) is 122 cm³/mol. The van der Waals surface area contributed by atoms with Crippen LogP contribution < -0.4 is 4.90 Å². The van der Waals surface area contributed by atoms with E-state index >= 15 is 0 Å². The third-order valence-electron chi connectivity index (χ3n) is 6.14. The summed E-state index contributed by atoms with van der Waals surface area (Å²) < 4.78 is 5.47. The van der Waals surface area contributed by atoms with E-state index in [4.69, 9.17) is 14.7 Å². The highest BCUT2D eigenvalue weighted by Crippen LogP contribution is 2.34. The Morgan fingerprint density at radius 3 is 2.67 bits per heavy atom. The van der Waals surface area contributed by atoms with Crippen LogP contribution in [0.3, 0.4) is 0 Å². The van der Waals surface area contributed by atoms with Crippen LogP contribution in [-0.2, 0) is 11.3 Å². The van der Waals surface area contributed by atoms with Gasteiger partial charge in [-0.3, -0.25) is 14.8 Å². The molecular weight excluding hydrogens is 396 g/mol. The number of morpholine rings is 1. The van der Waals surface area contributed by atoms with Gasteiger partial charge in [0.25, 0.3) is 0 Å². The molecule has 0 radical (unpaired) electrons. The molecule has 0 amide bonds. The maximum atomic E-state index is 5.47. The Balaban J connectivity index is 1.35. The fourth-order valence-electron chi connectivity index (χ4n) is 4.34. The summed E-state index contributed by atoms with van der Waals surface area (Å²) in [6.07, 6.45) is 3.89. The Morgan fingerprint density at radius 2 is 1.90 bits per heavy atom. The monoisotopic (exact) mass is 426 g/mol. The predicted octanol–water partition coefficient (Wildman–Crippen LogP) is 3.05. The number of ether oxygens (including phenoxy) is 1. The number of anilines is 1. The quantitative estimate of drug-likeness (QED) is 0.677. The van der Waals surface area contributed by atoms with Crippen molar-refractivity contribution in [3.8, 4) is 10.6 Å². The van der Waals surface area contributed by atoms with E-state index in [-0.39, 0.29) is 0 Å². The minimum Gasteiger partial charge on any atom is -0.379 e. The van der Waals surface area contributed by atoms with Crippen molar-refractivity contribution in [2.75, 3.05) is 57.4 Å². The molecule has 3 aromatic rings. The Morgan fingerprint density at radius 1 is 1.10 bits per heavy atom. The number of aromatic amines is 1. The van der Waals surface area contributed by atoms with Crippen LogP contribution in [0.1, 0.15) is 19.5 Å². The molecule has 0 spiro atoms. The average molecular weight is 427 g/mol. The summed E-state index contributed by atoms with van der Waals surface area (Å²) >= 11 is 1.75. The molecule has 5 heterocycles. The second kappa shape index (κ2) is 8.63. The van der Waals surface area contributed by atoms with E-state index in [0.717, 1.165) is 80.2 Å². The number of rotatable bonds is 5. The summed E-state index contributed by atoms with van der Waals surface area (Å²) in [6, 6.07) is 4.93. The van der Waals surface area contributed by atoms with E-state index in [9.17, 15) is 0 Å². The number of thiazole rings is 1. The lowest BCUT2D eigenvalue weighted by atomic mass is 10.2. The van der Waals surface area contributed by atoms with Gasteiger partial charge < -0.3 is 14.6 Å². The maximum absolute atomic E-state index is 5.47. The second-order valence-electron chi connectivity index (χ2n) is 8.43. The van der Waals surface area contributed by atoms with Gasteiger partial charge in [0.2, 0.25) is 0 Å². The molecule has 0 atom stereocenters. The molecule has 3 aromatic heterocycles. The largest absolute Gasteiger partial charge is 0.379 e. The number of hydrogen-bond acceptors (Lipinski definition) is 7. The van der Waals surface area contributed by atoms with Crippen LogP contribution in [0.5, 0.6) is 0 Å². The van der Waals surface area contributed by atoms with Crippen molar-refractivity contribution >= 4 is 27.4 Å². The highest BCUT2D eigenvalue weighted by Gasteiger charge is 2.22. The molecule has 2 aliphatic heterocycles. The first-order valence-corrected chi connectivity index (χ1v) is 11.7. The lowest BCUT2D eigenvalue weighted by Crippen LogP contribution is -2.48. The zero-order chi connectivity index (χ0) is 20.5. The highest BCUT2D eigenvalue weighted by molar-refractivity contribution is 7.19. The standard InChI is InChI=1S/C22H30N6OS/c1-16(2)27-5-7-28(8-6-27)22-24-14-20(30-22)21-18-13-17(25-19(18)3-4-23-21)15-26-9-11-29-12-10-26/h3-4,13-14,16,25H,5-12,15H2,1-2H3. The Kier molecular flexibility index (Phi) is 5.73. The normalized spacial score (nSPS) is 19.2. The smallest absolute Gasteiger partial charge is 0.185 e. The van der Waals surface area contributed by atoms with E-state index in [1.165, 1.54) is 11.1 Å². The van der Waals surface area contributed by atoms with Gasteiger partial charge >= 0.3 is 0 Å². The zero-order valence-corrected chi connectivity index (χ0v) is 18.6. The van der Waals surface area contributed by atoms with Crippen LogP contribution in [-0.4, -0.2) is 83.3 Å². The molecule has 0 aromatic carbocycles. The Bertz CT molecular complexity index is 985. The summed E-state index contributed by atoms with van der Waals surface area (Å²) in [7, 11) is 0. The number of nitrogens with zero attached hydrogens (tertiary/aromatic N) is 5. The molecule has 0 bridgehead atoms. The Hall–Kier alpha value is -2.00. The number of fused-ring (bicyclic) bond motifs is 1. The molecule has 160 valence electrons. The van der Waals surface area contributed by atoms with Gasteiger partial charge in [0.05, 0.1) is 23.8 Å². The first-order valence-electron chi connectivity index (χ1n) is 10.9. The molecule has 8 heteroatoms. The molecule has 5 rings (SSSR count). The fourth-order valence-corrected chi connectivity index (χ4v) is 5.32. The van der Waals surface area contributed by atoms with Gasteiger partial charge in [0, 0.05) is 80.8 Å². The molecule has 1 N–H and O–H groups in total. The molecule has 0 unspecified atom stereocenters. The van der Waals surface area contributed by atoms with E-state index in [0.29, 0.717) is 6.04 Å². The zero-order valence-electron chi connectivity index (χ0n) is 17.8. The van der Waals surface area contributed by atoms with Crippen LogP contribution in [0.15, 0.2) is 24.5 Å². The van der Waals surface area contributed by atoms with Crippen molar-refractivity contribution in [2.24, 2.45) is 0 Å². The minimum atomic E-state index is 0.612. The van der Waals surface area contributed by atoms with Gasteiger partial charge in [-0.05, 0) is 26.0 Å². The van der Waals surface area contributed by atoms with Crippen molar-refractivity contribution in [3.63, 3.8) is 0 Å². The summed E-state index contributed by atoms with van der Waals surface area (Å²) in [5.74, 6) is 0. The van der Waals surface area contributed by atoms with Gasteiger partial charge in [-0.1, -0.05) is 11.3 Å². The summed E-state index contributed by atoms with van der Waals surface area (Å²) in [6.45, 7) is 13.4. The average Bonchev–Trinajstić information content (AvgIpc) is 3.41. The second-order valence-corrected chi connectivity index (χ2v) is 9.44. The van der Waals surface area contributed by atoms with Crippen LogP contribution in [0.25, 0.3) is 21.5 Å². The van der Waals surface area contributed by atoms with Crippen molar-refractivity contribution in [3.05, 3.63) is 30.2 Å². The van der Waals surface area contributed by atoms with Crippen LogP contribution in [0, 0.1) is 0 Å². The molecule has 2 aliphatic rings. The number of piperazine rings is 1. The van der Waals surface area contributed by atoms with Crippen LogP contribution in [0.2, 0.25) is 0 Å². The number of pyridine rings is 1. The van der Waals surface area contributed by atoms with E-state index in [1.807, 2.05) is 12.4 Å². The molecular formula is C22H30N6OS. The highest BCUT2D eigenvalue weighted by atomic mass is 32.1. The molecule has 2 fully saturated rings. The van der Waals surface area contributed by atoms with Crippen molar-refractivity contribution in [1.82, 2.24) is 24.8 Å². The lowest BCUT2D eigenvalue weighted by molar-refractivity contribution is 0.0337. The van der Waals surface area contributed by atoms with Gasteiger partial charge in [-0.15, -0.1) is 0 Å². The van der Waals surface area contributed by atoms with Crippen LogP contribution >= 0.6 is 11.3 Å². The molecule has 2 saturated heterocycles. The van der Waals surface area contributed by atoms with Gasteiger partial charge in [-0.2, -0.15) is 0 Å². The SMILES string of the molecule is CC(C)N1CCN(c2ncc(-c3nccc4[nH]c(CN5CCOCC5)cc34)s2)CC1. The molecule has 0 saturated carbocycles. The first kappa shape index (κ1) is 19.9. The van der Waals surface area contributed by atoms with Gasteiger partial charge in [0.1, 0.15) is 0 Å². The number of H-pyrrole nitrogens is 1. The number of hydrogen-bond donors (Lipinski definition) is 1. The summed E-state index contributed by atoms with van der Waals surface area (Å²) in [4.78, 5) is 21.6. The van der Waals surface area contributed by atoms with E-state index < -0.39 is 0 Å². The third-order valence-corrected chi connectivity index (χ3v) is 7.21. The Labute approximate surface area is 181 Å². The first-order chi connectivity index (χ1) is 14.7. The topological polar surface area (TPSA) is 60.5 Å². The molecule has 0 aliphatic carbocycles. The van der Waals surface area contributed by atoms with Gasteiger partial charge in [0.15, 0.2) is 5.13 Å². The number of aromatic nitrogens is 3. The molecule has 30 heavy (non-hydrogen) atoms.